The van der Waals surface area contributed by atoms with Crippen LogP contribution in [0.1, 0.15) is 29.6 Å². The summed E-state index contributed by atoms with van der Waals surface area (Å²) < 4.78 is 11.1. The van der Waals surface area contributed by atoms with Gasteiger partial charge in [0.2, 0.25) is 0 Å². The molecule has 0 bridgehead atoms. The molecule has 2 aromatic carbocycles. The van der Waals surface area contributed by atoms with Gasteiger partial charge in [0.1, 0.15) is 5.75 Å². The fourth-order valence-corrected chi connectivity index (χ4v) is 2.85. The highest BCUT2D eigenvalue weighted by molar-refractivity contribution is 5.37. The van der Waals surface area contributed by atoms with Crippen molar-refractivity contribution < 1.29 is 9.47 Å². The maximum atomic E-state index is 5.73. The van der Waals surface area contributed by atoms with Crippen molar-refractivity contribution in [3.63, 3.8) is 0 Å². The zero-order valence-electron chi connectivity index (χ0n) is 12.3. The molecule has 2 unspecified atom stereocenters. The van der Waals surface area contributed by atoms with Gasteiger partial charge in [0.05, 0.1) is 19.3 Å². The van der Waals surface area contributed by atoms with Crippen LogP contribution in [0.25, 0.3) is 0 Å². The Morgan fingerprint density at radius 2 is 1.90 bits per heavy atom. The van der Waals surface area contributed by atoms with E-state index in [9.17, 15) is 0 Å². The molecule has 1 heterocycles. The van der Waals surface area contributed by atoms with Crippen molar-refractivity contribution in [3.8, 4) is 5.75 Å². The molecule has 110 valence electrons. The van der Waals surface area contributed by atoms with E-state index in [1.807, 2.05) is 18.2 Å². The van der Waals surface area contributed by atoms with Gasteiger partial charge in [-0.15, -0.1) is 0 Å². The van der Waals surface area contributed by atoms with Gasteiger partial charge < -0.3 is 14.8 Å². The number of nitrogens with one attached hydrogen (secondary N) is 1. The van der Waals surface area contributed by atoms with E-state index >= 15 is 0 Å². The first kappa shape index (κ1) is 14.1. The highest BCUT2D eigenvalue weighted by atomic mass is 16.5. The maximum Gasteiger partial charge on any atom is 0.124 e. The summed E-state index contributed by atoms with van der Waals surface area (Å²) in [7, 11) is 1.75. The van der Waals surface area contributed by atoms with Crippen molar-refractivity contribution >= 4 is 0 Å². The van der Waals surface area contributed by atoms with Crippen LogP contribution in [0.2, 0.25) is 0 Å². The van der Waals surface area contributed by atoms with Gasteiger partial charge in [0.15, 0.2) is 0 Å². The number of ether oxygens (including phenoxy) is 2. The Morgan fingerprint density at radius 3 is 2.71 bits per heavy atom. The summed E-state index contributed by atoms with van der Waals surface area (Å²) >= 11 is 0. The highest BCUT2D eigenvalue weighted by Gasteiger charge is 2.24. The monoisotopic (exact) mass is 283 g/mol. The summed E-state index contributed by atoms with van der Waals surface area (Å²) in [6.07, 6.45) is 0.976. The zero-order chi connectivity index (χ0) is 14.5. The van der Waals surface area contributed by atoms with Crippen LogP contribution in [0.4, 0.5) is 0 Å². The lowest BCUT2D eigenvalue weighted by molar-refractivity contribution is 0.153. The number of hydrogen-bond donors (Lipinski definition) is 1. The first-order valence-electron chi connectivity index (χ1n) is 7.40. The molecule has 0 fully saturated rings. The molecular formula is C18H21NO2. The van der Waals surface area contributed by atoms with E-state index < -0.39 is 0 Å². The third-order valence-corrected chi connectivity index (χ3v) is 3.90. The van der Waals surface area contributed by atoms with Crippen LogP contribution in [0.15, 0.2) is 54.6 Å². The number of methoxy groups -OCH3 is 1. The second kappa shape index (κ2) is 6.74. The van der Waals surface area contributed by atoms with Crippen LogP contribution in [0, 0.1) is 0 Å². The average molecular weight is 283 g/mol. The molecule has 0 spiro atoms. The van der Waals surface area contributed by atoms with Crippen molar-refractivity contribution in [2.75, 3.05) is 20.3 Å². The summed E-state index contributed by atoms with van der Waals surface area (Å²) in [6, 6.07) is 19.2. The van der Waals surface area contributed by atoms with Crippen LogP contribution >= 0.6 is 0 Å². The Balaban J connectivity index is 1.81. The normalized spacial score (nSPS) is 18.6. The van der Waals surface area contributed by atoms with Crippen LogP contribution in [0.5, 0.6) is 5.75 Å². The summed E-state index contributed by atoms with van der Waals surface area (Å²) in [6.45, 7) is 1.41. The number of benzene rings is 2. The van der Waals surface area contributed by atoms with E-state index in [0.717, 1.165) is 18.8 Å². The van der Waals surface area contributed by atoms with Crippen LogP contribution in [0.3, 0.4) is 0 Å². The summed E-state index contributed by atoms with van der Waals surface area (Å²) in [5, 5.41) is 3.72. The minimum atomic E-state index is 0.187. The lowest BCUT2D eigenvalue weighted by Crippen LogP contribution is -2.32. The number of fused-ring (bicyclic) bond motifs is 1. The van der Waals surface area contributed by atoms with Crippen molar-refractivity contribution in [3.05, 3.63) is 65.7 Å². The third-order valence-electron chi connectivity index (χ3n) is 3.90. The molecule has 3 rings (SSSR count). The van der Waals surface area contributed by atoms with Crippen molar-refractivity contribution in [1.82, 2.24) is 5.32 Å². The van der Waals surface area contributed by atoms with Crippen LogP contribution in [-0.2, 0) is 4.74 Å². The standard InChI is InChI=1S/C18H21NO2/c1-20-13-17(14-7-3-2-4-8-14)19-16-11-12-21-18-10-6-5-9-15(16)18/h2-10,16-17,19H,11-13H2,1H3. The molecule has 3 heteroatoms. The third kappa shape index (κ3) is 3.26. The summed E-state index contributed by atoms with van der Waals surface area (Å²) in [5.74, 6) is 0.991. The van der Waals surface area contributed by atoms with E-state index in [4.69, 9.17) is 9.47 Å². The van der Waals surface area contributed by atoms with Crippen LogP contribution < -0.4 is 10.1 Å². The Morgan fingerprint density at radius 1 is 1.14 bits per heavy atom. The van der Waals surface area contributed by atoms with Crippen molar-refractivity contribution in [2.45, 2.75) is 18.5 Å². The van der Waals surface area contributed by atoms with E-state index in [-0.39, 0.29) is 6.04 Å². The Bertz CT molecular complexity index is 570. The first-order valence-corrected chi connectivity index (χ1v) is 7.40. The minimum absolute atomic E-state index is 0.187. The molecule has 1 aliphatic heterocycles. The molecule has 0 saturated heterocycles. The van der Waals surface area contributed by atoms with Gasteiger partial charge in [-0.3, -0.25) is 0 Å². The number of para-hydroxylation sites is 1. The first-order chi connectivity index (χ1) is 10.4. The predicted octanol–water partition coefficient (Wildman–Crippen LogP) is 3.49. The predicted molar refractivity (Wildman–Crippen MR) is 83.5 cm³/mol. The lowest BCUT2D eigenvalue weighted by atomic mass is 9.98. The molecule has 2 atom stereocenters. The van der Waals surface area contributed by atoms with Gasteiger partial charge in [0, 0.05) is 25.1 Å². The SMILES string of the molecule is COCC(NC1CCOc2ccccc21)c1ccccc1. The Kier molecular flexibility index (Phi) is 4.53. The average Bonchev–Trinajstić information content (AvgIpc) is 2.55. The van der Waals surface area contributed by atoms with Crippen molar-refractivity contribution in [1.29, 1.82) is 0 Å². The topological polar surface area (TPSA) is 30.5 Å². The molecule has 2 aromatic rings. The minimum Gasteiger partial charge on any atom is -0.493 e. The Labute approximate surface area is 125 Å². The lowest BCUT2D eigenvalue weighted by Gasteiger charge is -2.30. The fourth-order valence-electron chi connectivity index (χ4n) is 2.85. The van der Waals surface area contributed by atoms with Gasteiger partial charge in [-0.2, -0.15) is 0 Å². The van der Waals surface area contributed by atoms with Gasteiger partial charge >= 0.3 is 0 Å². The van der Waals surface area contributed by atoms with Crippen molar-refractivity contribution in [2.24, 2.45) is 0 Å². The molecule has 1 N–H and O–H groups in total. The summed E-state index contributed by atoms with van der Waals surface area (Å²) in [4.78, 5) is 0. The quantitative estimate of drug-likeness (QED) is 0.911. The zero-order valence-corrected chi connectivity index (χ0v) is 12.3. The van der Waals surface area contributed by atoms with Gasteiger partial charge in [0.25, 0.3) is 0 Å². The van der Waals surface area contributed by atoms with Gasteiger partial charge in [-0.1, -0.05) is 48.5 Å². The second-order valence-corrected chi connectivity index (χ2v) is 5.31. The summed E-state index contributed by atoms with van der Waals surface area (Å²) in [5.41, 5.74) is 2.49. The molecule has 0 radical (unpaired) electrons. The molecule has 21 heavy (non-hydrogen) atoms. The molecule has 0 aromatic heterocycles. The highest BCUT2D eigenvalue weighted by Crippen LogP contribution is 2.33. The largest absolute Gasteiger partial charge is 0.493 e. The molecular weight excluding hydrogens is 262 g/mol. The van der Waals surface area contributed by atoms with Gasteiger partial charge in [-0.05, 0) is 11.6 Å². The molecule has 1 aliphatic rings. The Hall–Kier alpha value is -1.84. The molecule has 0 aliphatic carbocycles. The smallest absolute Gasteiger partial charge is 0.124 e. The van der Waals surface area contributed by atoms with E-state index in [1.165, 1.54) is 11.1 Å². The van der Waals surface area contributed by atoms with E-state index in [2.05, 4.69) is 41.7 Å². The van der Waals surface area contributed by atoms with Gasteiger partial charge in [-0.25, -0.2) is 0 Å². The number of hydrogen-bond acceptors (Lipinski definition) is 3. The maximum absolute atomic E-state index is 5.73. The number of rotatable bonds is 5. The van der Waals surface area contributed by atoms with Crippen LogP contribution in [-0.4, -0.2) is 20.3 Å². The van der Waals surface area contributed by atoms with E-state index in [1.54, 1.807) is 7.11 Å². The molecule has 3 nitrogen and oxygen atoms in total. The fraction of sp³-hybridized carbons (Fsp3) is 0.333. The molecule has 0 saturated carbocycles. The molecule has 0 amide bonds. The second-order valence-electron chi connectivity index (χ2n) is 5.31. The van der Waals surface area contributed by atoms with E-state index in [0.29, 0.717) is 12.6 Å².